The lowest BCUT2D eigenvalue weighted by Crippen LogP contribution is -2.45. The van der Waals surface area contributed by atoms with Crippen molar-refractivity contribution in [2.24, 2.45) is 0 Å². The van der Waals surface area contributed by atoms with Crippen LogP contribution in [0.15, 0.2) is 22.8 Å². The Balaban J connectivity index is 1.96. The van der Waals surface area contributed by atoms with Crippen LogP contribution in [-0.4, -0.2) is 35.6 Å². The summed E-state index contributed by atoms with van der Waals surface area (Å²) in [5.41, 5.74) is 1.15. The van der Waals surface area contributed by atoms with Gasteiger partial charge in [-0.15, -0.1) is 0 Å². The molecule has 17 heavy (non-hydrogen) atoms. The Labute approximate surface area is 112 Å². The van der Waals surface area contributed by atoms with Crippen molar-refractivity contribution in [3.63, 3.8) is 0 Å². The van der Waals surface area contributed by atoms with Gasteiger partial charge in [0.05, 0.1) is 5.69 Å². The molecule has 1 aromatic rings. The lowest BCUT2D eigenvalue weighted by Gasteiger charge is -2.33. The largest absolute Gasteiger partial charge is 0.315 e. The number of piperidine rings is 1. The SMILES string of the molecule is CCN(Cc1ccc(Br)cn1)C1CCCNC1. The van der Waals surface area contributed by atoms with E-state index in [0.29, 0.717) is 6.04 Å². The quantitative estimate of drug-likeness (QED) is 0.925. The van der Waals surface area contributed by atoms with E-state index in [1.54, 1.807) is 0 Å². The van der Waals surface area contributed by atoms with Gasteiger partial charge in [0.1, 0.15) is 0 Å². The molecule has 1 aromatic heterocycles. The molecule has 1 fully saturated rings. The molecule has 0 saturated carbocycles. The van der Waals surface area contributed by atoms with Crippen molar-refractivity contribution in [2.45, 2.75) is 32.4 Å². The van der Waals surface area contributed by atoms with Crippen molar-refractivity contribution in [1.29, 1.82) is 0 Å². The van der Waals surface area contributed by atoms with Crippen LogP contribution in [0.4, 0.5) is 0 Å². The van der Waals surface area contributed by atoms with Crippen molar-refractivity contribution in [1.82, 2.24) is 15.2 Å². The van der Waals surface area contributed by atoms with E-state index in [9.17, 15) is 0 Å². The Morgan fingerprint density at radius 1 is 1.53 bits per heavy atom. The topological polar surface area (TPSA) is 28.2 Å². The van der Waals surface area contributed by atoms with Crippen LogP contribution in [0.2, 0.25) is 0 Å². The molecule has 2 rings (SSSR count). The van der Waals surface area contributed by atoms with Crippen LogP contribution in [0, 0.1) is 0 Å². The van der Waals surface area contributed by atoms with E-state index in [4.69, 9.17) is 0 Å². The molecular formula is C13H20BrN3. The van der Waals surface area contributed by atoms with Gasteiger partial charge in [0.15, 0.2) is 0 Å². The molecule has 1 unspecified atom stereocenters. The molecule has 94 valence electrons. The summed E-state index contributed by atoms with van der Waals surface area (Å²) in [6.07, 6.45) is 4.47. The number of rotatable bonds is 4. The van der Waals surface area contributed by atoms with Crippen LogP contribution >= 0.6 is 15.9 Å². The number of hydrogen-bond acceptors (Lipinski definition) is 3. The first-order valence-electron chi connectivity index (χ1n) is 6.35. The highest BCUT2D eigenvalue weighted by molar-refractivity contribution is 9.10. The molecule has 2 heterocycles. The van der Waals surface area contributed by atoms with E-state index in [1.807, 2.05) is 6.20 Å². The number of likely N-dealkylation sites (N-methyl/N-ethyl adjacent to an activating group) is 1. The summed E-state index contributed by atoms with van der Waals surface area (Å²) in [6, 6.07) is 4.83. The van der Waals surface area contributed by atoms with E-state index in [0.717, 1.165) is 29.8 Å². The number of halogens is 1. The lowest BCUT2D eigenvalue weighted by molar-refractivity contribution is 0.164. The molecule has 1 aliphatic rings. The standard InChI is InChI=1S/C13H20BrN3/c1-2-17(13-4-3-7-15-9-13)10-12-6-5-11(14)8-16-12/h5-6,8,13,15H,2-4,7,9-10H2,1H3. The summed E-state index contributed by atoms with van der Waals surface area (Å²) in [7, 11) is 0. The second-order valence-electron chi connectivity index (χ2n) is 4.53. The maximum Gasteiger partial charge on any atom is 0.0544 e. The number of nitrogens with one attached hydrogen (secondary N) is 1. The predicted molar refractivity (Wildman–Crippen MR) is 73.9 cm³/mol. The van der Waals surface area contributed by atoms with Gasteiger partial charge >= 0.3 is 0 Å². The Kier molecular flexibility index (Phi) is 4.95. The van der Waals surface area contributed by atoms with Crippen LogP contribution in [0.3, 0.4) is 0 Å². The molecule has 4 heteroatoms. The van der Waals surface area contributed by atoms with Crippen LogP contribution in [0.5, 0.6) is 0 Å². The van der Waals surface area contributed by atoms with Crippen LogP contribution in [0.1, 0.15) is 25.5 Å². The van der Waals surface area contributed by atoms with Gasteiger partial charge in [0.2, 0.25) is 0 Å². The summed E-state index contributed by atoms with van der Waals surface area (Å²) in [5.74, 6) is 0. The number of hydrogen-bond donors (Lipinski definition) is 1. The fraction of sp³-hybridized carbons (Fsp3) is 0.615. The molecule has 1 aliphatic heterocycles. The Morgan fingerprint density at radius 3 is 3.00 bits per heavy atom. The van der Waals surface area contributed by atoms with Crippen LogP contribution in [0.25, 0.3) is 0 Å². The van der Waals surface area contributed by atoms with Gasteiger partial charge in [-0.1, -0.05) is 6.92 Å². The van der Waals surface area contributed by atoms with Crippen molar-refractivity contribution < 1.29 is 0 Å². The molecular weight excluding hydrogens is 278 g/mol. The highest BCUT2D eigenvalue weighted by Gasteiger charge is 2.19. The lowest BCUT2D eigenvalue weighted by atomic mass is 10.1. The molecule has 1 atom stereocenters. The predicted octanol–water partition coefficient (Wildman–Crippen LogP) is 2.42. The third-order valence-electron chi connectivity index (χ3n) is 3.35. The minimum atomic E-state index is 0.666. The zero-order valence-corrected chi connectivity index (χ0v) is 11.9. The molecule has 0 aliphatic carbocycles. The maximum absolute atomic E-state index is 4.45. The van der Waals surface area contributed by atoms with Crippen molar-refractivity contribution in [3.05, 3.63) is 28.5 Å². The van der Waals surface area contributed by atoms with Gasteiger partial charge in [-0.3, -0.25) is 9.88 Å². The van der Waals surface area contributed by atoms with Crippen LogP contribution in [-0.2, 0) is 6.54 Å². The maximum atomic E-state index is 4.45. The van der Waals surface area contributed by atoms with E-state index < -0.39 is 0 Å². The summed E-state index contributed by atoms with van der Waals surface area (Å²) < 4.78 is 1.05. The number of nitrogens with zero attached hydrogens (tertiary/aromatic N) is 2. The van der Waals surface area contributed by atoms with Gasteiger partial charge in [0, 0.05) is 29.8 Å². The molecule has 0 spiro atoms. The normalized spacial score (nSPS) is 20.8. The van der Waals surface area contributed by atoms with Gasteiger partial charge in [-0.05, 0) is 54.0 Å². The van der Waals surface area contributed by atoms with E-state index in [2.05, 4.69) is 50.2 Å². The second-order valence-corrected chi connectivity index (χ2v) is 5.45. The smallest absolute Gasteiger partial charge is 0.0544 e. The summed E-state index contributed by atoms with van der Waals surface area (Å²) in [6.45, 7) is 6.56. The second kappa shape index (κ2) is 6.47. The molecule has 0 bridgehead atoms. The van der Waals surface area contributed by atoms with E-state index in [1.165, 1.54) is 19.4 Å². The first-order chi connectivity index (χ1) is 8.29. The van der Waals surface area contributed by atoms with Crippen molar-refractivity contribution in [3.8, 4) is 0 Å². The molecule has 0 aromatic carbocycles. The highest BCUT2D eigenvalue weighted by Crippen LogP contribution is 2.14. The monoisotopic (exact) mass is 297 g/mol. The highest BCUT2D eigenvalue weighted by atomic mass is 79.9. The Hall–Kier alpha value is -0.450. The number of pyridine rings is 1. The minimum Gasteiger partial charge on any atom is -0.315 e. The first-order valence-corrected chi connectivity index (χ1v) is 7.14. The van der Waals surface area contributed by atoms with Crippen molar-refractivity contribution in [2.75, 3.05) is 19.6 Å². The van der Waals surface area contributed by atoms with Crippen LogP contribution < -0.4 is 5.32 Å². The van der Waals surface area contributed by atoms with Gasteiger partial charge in [-0.25, -0.2) is 0 Å². The minimum absolute atomic E-state index is 0.666. The fourth-order valence-electron chi connectivity index (χ4n) is 2.35. The van der Waals surface area contributed by atoms with E-state index in [-0.39, 0.29) is 0 Å². The summed E-state index contributed by atoms with van der Waals surface area (Å²) in [4.78, 5) is 6.97. The average molecular weight is 298 g/mol. The average Bonchev–Trinajstić information content (AvgIpc) is 2.39. The summed E-state index contributed by atoms with van der Waals surface area (Å²) in [5, 5.41) is 3.47. The Bertz CT molecular complexity index is 333. The molecule has 3 nitrogen and oxygen atoms in total. The molecule has 1 saturated heterocycles. The van der Waals surface area contributed by atoms with E-state index >= 15 is 0 Å². The summed E-state index contributed by atoms with van der Waals surface area (Å²) >= 11 is 3.42. The molecule has 1 N–H and O–H groups in total. The first kappa shape index (κ1) is 13.0. The molecule has 0 radical (unpaired) electrons. The molecule has 0 amide bonds. The van der Waals surface area contributed by atoms with Gasteiger partial charge in [-0.2, -0.15) is 0 Å². The fourth-order valence-corrected chi connectivity index (χ4v) is 2.59. The third kappa shape index (κ3) is 3.76. The van der Waals surface area contributed by atoms with Gasteiger partial charge < -0.3 is 5.32 Å². The van der Waals surface area contributed by atoms with Gasteiger partial charge in [0.25, 0.3) is 0 Å². The Morgan fingerprint density at radius 2 is 2.41 bits per heavy atom. The third-order valence-corrected chi connectivity index (χ3v) is 3.82. The van der Waals surface area contributed by atoms with Crippen molar-refractivity contribution >= 4 is 15.9 Å². The number of aromatic nitrogens is 1. The zero-order valence-electron chi connectivity index (χ0n) is 10.3. The zero-order chi connectivity index (χ0) is 12.1.